The number of hydrogen-bond donors (Lipinski definition) is 0. The lowest BCUT2D eigenvalue weighted by atomic mass is 10.1. The molecule has 0 spiro atoms. The molecule has 4 rings (SSSR count). The zero-order valence-electron chi connectivity index (χ0n) is 17.6. The van der Waals surface area contributed by atoms with Crippen LogP contribution in [0, 0.1) is 6.92 Å². The van der Waals surface area contributed by atoms with Gasteiger partial charge in [0.25, 0.3) is 11.8 Å². The standard InChI is InChI=1S/C24H27N3O3/c1-17-6-11-20-21(14-17)24(30)27(23(20)29)16-22(28)25(2)15-18-7-9-19(10-8-18)26-12-4-3-5-13-26/h6-11,14H,3-5,12-13,15-16H2,1-2H3. The van der Waals surface area contributed by atoms with Gasteiger partial charge in [0.05, 0.1) is 11.1 Å². The van der Waals surface area contributed by atoms with E-state index in [0.717, 1.165) is 29.1 Å². The van der Waals surface area contributed by atoms with Gasteiger partial charge < -0.3 is 9.80 Å². The summed E-state index contributed by atoms with van der Waals surface area (Å²) in [6.45, 7) is 4.25. The van der Waals surface area contributed by atoms with Crippen LogP contribution in [0.15, 0.2) is 42.5 Å². The lowest BCUT2D eigenvalue weighted by molar-refractivity contribution is -0.130. The highest BCUT2D eigenvalue weighted by atomic mass is 16.2. The van der Waals surface area contributed by atoms with Crippen LogP contribution >= 0.6 is 0 Å². The highest BCUT2D eigenvalue weighted by molar-refractivity contribution is 6.22. The first-order chi connectivity index (χ1) is 14.4. The van der Waals surface area contributed by atoms with Crippen molar-refractivity contribution in [3.8, 4) is 0 Å². The van der Waals surface area contributed by atoms with Gasteiger partial charge >= 0.3 is 0 Å². The zero-order chi connectivity index (χ0) is 21.3. The summed E-state index contributed by atoms with van der Waals surface area (Å²) in [6, 6.07) is 13.4. The van der Waals surface area contributed by atoms with Gasteiger partial charge in [0.2, 0.25) is 5.91 Å². The summed E-state index contributed by atoms with van der Waals surface area (Å²) in [5.41, 5.74) is 3.89. The molecule has 2 aliphatic heterocycles. The van der Waals surface area contributed by atoms with Gasteiger partial charge in [-0.25, -0.2) is 0 Å². The van der Waals surface area contributed by atoms with Gasteiger partial charge in [-0.1, -0.05) is 23.8 Å². The number of benzene rings is 2. The average Bonchev–Trinajstić information content (AvgIpc) is 2.99. The summed E-state index contributed by atoms with van der Waals surface area (Å²) in [5.74, 6) is -1.06. The number of likely N-dealkylation sites (N-methyl/N-ethyl adjacent to an activating group) is 1. The van der Waals surface area contributed by atoms with Crippen LogP contribution in [0.3, 0.4) is 0 Å². The van der Waals surface area contributed by atoms with Gasteiger partial charge in [-0.15, -0.1) is 0 Å². The Morgan fingerprint density at radius 1 is 0.933 bits per heavy atom. The van der Waals surface area contributed by atoms with Crippen LogP contribution in [-0.2, 0) is 11.3 Å². The van der Waals surface area contributed by atoms with Crippen molar-refractivity contribution in [1.29, 1.82) is 0 Å². The Labute approximate surface area is 177 Å². The number of fused-ring (bicyclic) bond motifs is 1. The highest BCUT2D eigenvalue weighted by Crippen LogP contribution is 2.24. The van der Waals surface area contributed by atoms with E-state index < -0.39 is 11.8 Å². The summed E-state index contributed by atoms with van der Waals surface area (Å²) < 4.78 is 0. The fraction of sp³-hybridized carbons (Fsp3) is 0.375. The quantitative estimate of drug-likeness (QED) is 0.717. The van der Waals surface area contributed by atoms with Gasteiger partial charge in [0.15, 0.2) is 0 Å². The van der Waals surface area contributed by atoms with Crippen LogP contribution < -0.4 is 4.90 Å². The molecule has 0 bridgehead atoms. The topological polar surface area (TPSA) is 60.9 Å². The Balaban J connectivity index is 1.37. The maximum atomic E-state index is 12.7. The maximum absolute atomic E-state index is 12.7. The lowest BCUT2D eigenvalue weighted by Crippen LogP contribution is -2.40. The molecule has 156 valence electrons. The Hall–Kier alpha value is -3.15. The Morgan fingerprint density at radius 2 is 1.60 bits per heavy atom. The monoisotopic (exact) mass is 405 g/mol. The SMILES string of the molecule is Cc1ccc2c(c1)C(=O)N(CC(=O)N(C)Cc1ccc(N3CCCCC3)cc1)C2=O. The molecule has 1 saturated heterocycles. The molecule has 2 aliphatic rings. The largest absolute Gasteiger partial charge is 0.372 e. The van der Waals surface area contributed by atoms with Gasteiger partial charge in [0.1, 0.15) is 6.54 Å². The first-order valence-electron chi connectivity index (χ1n) is 10.5. The second-order valence-electron chi connectivity index (χ2n) is 8.21. The predicted octanol–water partition coefficient (Wildman–Crippen LogP) is 3.24. The maximum Gasteiger partial charge on any atom is 0.262 e. The van der Waals surface area contributed by atoms with Gasteiger partial charge in [-0.05, 0) is 56.0 Å². The smallest absolute Gasteiger partial charge is 0.262 e. The molecule has 0 aromatic heterocycles. The average molecular weight is 405 g/mol. The molecule has 2 aromatic carbocycles. The van der Waals surface area contributed by atoms with Crippen molar-refractivity contribution in [2.24, 2.45) is 0 Å². The number of rotatable bonds is 5. The second kappa shape index (κ2) is 8.30. The number of aryl methyl sites for hydroxylation is 1. The van der Waals surface area contributed by atoms with E-state index in [9.17, 15) is 14.4 Å². The molecule has 1 fully saturated rings. The van der Waals surface area contributed by atoms with Crippen molar-refractivity contribution in [2.45, 2.75) is 32.7 Å². The number of imide groups is 1. The first-order valence-corrected chi connectivity index (χ1v) is 10.5. The van der Waals surface area contributed by atoms with Crippen LogP contribution in [0.5, 0.6) is 0 Å². The molecule has 2 aromatic rings. The molecular weight excluding hydrogens is 378 g/mol. The molecular formula is C24H27N3O3. The number of amides is 3. The van der Waals surface area contributed by atoms with E-state index in [0.29, 0.717) is 17.7 Å². The summed E-state index contributed by atoms with van der Waals surface area (Å²) in [5, 5.41) is 0. The fourth-order valence-electron chi connectivity index (χ4n) is 4.13. The van der Waals surface area contributed by atoms with E-state index in [4.69, 9.17) is 0 Å². The number of nitrogens with zero attached hydrogens (tertiary/aromatic N) is 3. The van der Waals surface area contributed by atoms with Crippen molar-refractivity contribution >= 4 is 23.4 Å². The van der Waals surface area contributed by atoms with Gasteiger partial charge in [0, 0.05) is 32.4 Å². The van der Waals surface area contributed by atoms with Crippen molar-refractivity contribution < 1.29 is 14.4 Å². The number of hydrogen-bond acceptors (Lipinski definition) is 4. The fourth-order valence-corrected chi connectivity index (χ4v) is 4.13. The molecule has 30 heavy (non-hydrogen) atoms. The molecule has 2 heterocycles. The molecule has 3 amide bonds. The summed E-state index contributed by atoms with van der Waals surface area (Å²) in [7, 11) is 1.70. The van der Waals surface area contributed by atoms with Gasteiger partial charge in [-0.2, -0.15) is 0 Å². The van der Waals surface area contributed by atoms with E-state index in [1.165, 1.54) is 24.9 Å². The Morgan fingerprint density at radius 3 is 2.30 bits per heavy atom. The summed E-state index contributed by atoms with van der Waals surface area (Å²) in [6.07, 6.45) is 3.76. The third-order valence-corrected chi connectivity index (χ3v) is 5.92. The van der Waals surface area contributed by atoms with E-state index in [1.54, 1.807) is 30.1 Å². The highest BCUT2D eigenvalue weighted by Gasteiger charge is 2.37. The van der Waals surface area contributed by atoms with Crippen molar-refractivity contribution in [3.63, 3.8) is 0 Å². The molecule has 0 atom stereocenters. The Bertz CT molecular complexity index is 978. The van der Waals surface area contributed by atoms with E-state index in [1.807, 2.05) is 19.1 Å². The molecule has 6 heteroatoms. The van der Waals surface area contributed by atoms with Crippen LogP contribution in [0.1, 0.15) is 51.1 Å². The molecule has 0 aliphatic carbocycles. The number of piperidine rings is 1. The lowest BCUT2D eigenvalue weighted by Gasteiger charge is -2.29. The number of carbonyl (C=O) groups excluding carboxylic acids is 3. The minimum absolute atomic E-state index is 0.242. The van der Waals surface area contributed by atoms with E-state index in [-0.39, 0.29) is 12.5 Å². The number of anilines is 1. The van der Waals surface area contributed by atoms with Gasteiger partial charge in [-0.3, -0.25) is 19.3 Å². The predicted molar refractivity (Wildman–Crippen MR) is 116 cm³/mol. The van der Waals surface area contributed by atoms with Crippen LogP contribution in [0.4, 0.5) is 5.69 Å². The molecule has 0 N–H and O–H groups in total. The van der Waals surface area contributed by atoms with E-state index in [2.05, 4.69) is 17.0 Å². The third-order valence-electron chi connectivity index (χ3n) is 5.92. The molecule has 0 radical (unpaired) electrons. The molecule has 0 unspecified atom stereocenters. The van der Waals surface area contributed by atoms with Crippen molar-refractivity contribution in [3.05, 3.63) is 64.7 Å². The minimum atomic E-state index is -0.400. The summed E-state index contributed by atoms with van der Waals surface area (Å²) >= 11 is 0. The molecule has 0 saturated carbocycles. The van der Waals surface area contributed by atoms with Crippen LogP contribution in [-0.4, -0.2) is 54.2 Å². The van der Waals surface area contributed by atoms with E-state index >= 15 is 0 Å². The first kappa shape index (κ1) is 20.1. The van der Waals surface area contributed by atoms with Crippen LogP contribution in [0.2, 0.25) is 0 Å². The zero-order valence-corrected chi connectivity index (χ0v) is 17.6. The minimum Gasteiger partial charge on any atom is -0.372 e. The van der Waals surface area contributed by atoms with Crippen molar-refractivity contribution in [1.82, 2.24) is 9.80 Å². The third kappa shape index (κ3) is 3.95. The normalized spacial score (nSPS) is 16.1. The molecule has 6 nitrogen and oxygen atoms in total. The Kier molecular flexibility index (Phi) is 5.57. The number of carbonyl (C=O) groups is 3. The summed E-state index contributed by atoms with van der Waals surface area (Å²) in [4.78, 5) is 42.8. The second-order valence-corrected chi connectivity index (χ2v) is 8.21. The van der Waals surface area contributed by atoms with Crippen molar-refractivity contribution in [2.75, 3.05) is 31.6 Å². The van der Waals surface area contributed by atoms with Crippen LogP contribution in [0.25, 0.3) is 0 Å².